The SMILES string of the molecule is Cc1ccc(C)c(COc2cc3c(cc2OCc2cc(C)ccc2C)-c2nc-3nc3[nH]c(nc4nc(nc5[nH]c(n2)c2ccccc52)-c2ccccc2-4)c2ccccc32)c1. The molecule has 10 nitrogen and oxygen atoms in total. The summed E-state index contributed by atoms with van der Waals surface area (Å²) in [6.07, 6.45) is 0. The minimum Gasteiger partial charge on any atom is -0.485 e. The maximum absolute atomic E-state index is 6.71. The number of aromatic nitrogens is 8. The molecule has 0 fully saturated rings. The van der Waals surface area contributed by atoms with E-state index in [0.717, 1.165) is 66.1 Å². The number of hydrogen-bond acceptors (Lipinski definition) is 8. The molecule has 0 radical (unpaired) electrons. The maximum atomic E-state index is 6.71. The molecule has 60 heavy (non-hydrogen) atoms. The third kappa shape index (κ3) is 6.12. The van der Waals surface area contributed by atoms with E-state index < -0.39 is 0 Å². The van der Waals surface area contributed by atoms with Crippen molar-refractivity contribution in [2.24, 2.45) is 0 Å². The molecule has 0 spiro atoms. The molecule has 5 heterocycles. The highest BCUT2D eigenvalue weighted by atomic mass is 16.5. The van der Waals surface area contributed by atoms with E-state index in [0.29, 0.717) is 70.6 Å². The largest absolute Gasteiger partial charge is 0.485 e. The fourth-order valence-corrected chi connectivity index (χ4v) is 8.10. The summed E-state index contributed by atoms with van der Waals surface area (Å²) < 4.78 is 13.4. The van der Waals surface area contributed by atoms with Crippen LogP contribution in [-0.4, -0.2) is 39.9 Å². The fraction of sp³-hybridized carbons (Fsp3) is 0.120. The van der Waals surface area contributed by atoms with Crippen LogP contribution in [0.25, 0.3) is 89.7 Å². The third-order valence-electron chi connectivity index (χ3n) is 11.4. The van der Waals surface area contributed by atoms with Gasteiger partial charge >= 0.3 is 0 Å². The second kappa shape index (κ2) is 14.0. The molecular formula is C50H38N8O2. The number of H-pyrrole nitrogens is 2. The highest BCUT2D eigenvalue weighted by Gasteiger charge is 2.25. The normalized spacial score (nSPS) is 11.8. The molecule has 0 aliphatic carbocycles. The van der Waals surface area contributed by atoms with Crippen LogP contribution >= 0.6 is 0 Å². The number of fused-ring (bicyclic) bond motifs is 20. The van der Waals surface area contributed by atoms with Crippen molar-refractivity contribution in [3.63, 3.8) is 0 Å². The molecule has 290 valence electrons. The van der Waals surface area contributed by atoms with Crippen molar-refractivity contribution in [3.8, 4) is 57.1 Å². The molecule has 0 unspecified atom stereocenters. The number of aryl methyl sites for hydroxylation is 4. The van der Waals surface area contributed by atoms with Crippen molar-refractivity contribution in [1.29, 1.82) is 0 Å². The molecule has 0 atom stereocenters. The topological polar surface area (TPSA) is 127 Å². The van der Waals surface area contributed by atoms with Gasteiger partial charge in [-0.3, -0.25) is 0 Å². The molecule has 8 bridgehead atoms. The Hall–Kier alpha value is -7.72. The first kappa shape index (κ1) is 35.4. The highest BCUT2D eigenvalue weighted by Crippen LogP contribution is 2.43. The van der Waals surface area contributed by atoms with Gasteiger partial charge in [0.15, 0.2) is 34.8 Å². The van der Waals surface area contributed by atoms with E-state index in [9.17, 15) is 0 Å². The minimum atomic E-state index is 0.357. The van der Waals surface area contributed by atoms with Crippen LogP contribution in [0.3, 0.4) is 0 Å². The van der Waals surface area contributed by atoms with E-state index >= 15 is 0 Å². The van der Waals surface area contributed by atoms with Gasteiger partial charge in [0, 0.05) is 43.8 Å². The lowest BCUT2D eigenvalue weighted by Gasteiger charge is -2.17. The Morgan fingerprint density at radius 3 is 1.12 bits per heavy atom. The predicted octanol–water partition coefficient (Wildman–Crippen LogP) is 11.3. The average molecular weight is 783 g/mol. The molecule has 9 aromatic rings. The highest BCUT2D eigenvalue weighted by molar-refractivity contribution is 6.06. The smallest absolute Gasteiger partial charge is 0.164 e. The van der Waals surface area contributed by atoms with Gasteiger partial charge in [-0.25, -0.2) is 29.9 Å². The zero-order valence-corrected chi connectivity index (χ0v) is 33.5. The van der Waals surface area contributed by atoms with Gasteiger partial charge in [-0.1, -0.05) is 120 Å². The lowest BCUT2D eigenvalue weighted by atomic mass is 10.1. The second-order valence-electron chi connectivity index (χ2n) is 15.5. The predicted molar refractivity (Wildman–Crippen MR) is 237 cm³/mol. The van der Waals surface area contributed by atoms with Gasteiger partial charge in [0.05, 0.1) is 0 Å². The molecule has 2 aliphatic rings. The Morgan fingerprint density at radius 1 is 0.383 bits per heavy atom. The van der Waals surface area contributed by atoms with Crippen molar-refractivity contribution in [2.45, 2.75) is 40.9 Å². The van der Waals surface area contributed by atoms with Crippen LogP contribution in [-0.2, 0) is 13.2 Å². The first-order chi connectivity index (χ1) is 29.3. The summed E-state index contributed by atoms with van der Waals surface area (Å²) in [6.45, 7) is 9.11. The Bertz CT molecular complexity index is 3180. The zero-order chi connectivity index (χ0) is 40.5. The van der Waals surface area contributed by atoms with Crippen LogP contribution < -0.4 is 9.47 Å². The molecule has 11 rings (SSSR count). The number of ether oxygens (including phenoxy) is 2. The van der Waals surface area contributed by atoms with Gasteiger partial charge < -0.3 is 19.4 Å². The van der Waals surface area contributed by atoms with E-state index in [-0.39, 0.29) is 0 Å². The van der Waals surface area contributed by atoms with Gasteiger partial charge in [0.1, 0.15) is 35.8 Å². The van der Waals surface area contributed by atoms with Crippen molar-refractivity contribution in [3.05, 3.63) is 155 Å². The summed E-state index contributed by atoms with van der Waals surface area (Å²) in [5.74, 6) is 3.25. The number of nitrogens with one attached hydrogen (secondary N) is 2. The number of aromatic amines is 2. The molecule has 10 heteroatoms. The van der Waals surface area contributed by atoms with E-state index in [4.69, 9.17) is 39.4 Å². The number of nitrogens with zero attached hydrogens (tertiary/aromatic N) is 6. The number of rotatable bonds is 6. The Labute approximate surface area is 345 Å². The molecule has 6 aromatic carbocycles. The third-order valence-corrected chi connectivity index (χ3v) is 11.4. The maximum Gasteiger partial charge on any atom is 0.164 e. The van der Waals surface area contributed by atoms with E-state index in [1.165, 1.54) is 11.1 Å². The Morgan fingerprint density at radius 2 is 0.733 bits per heavy atom. The summed E-state index contributed by atoms with van der Waals surface area (Å²) >= 11 is 0. The average Bonchev–Trinajstić information content (AvgIpc) is 3.99. The Balaban J connectivity index is 1.18. The van der Waals surface area contributed by atoms with E-state index in [1.807, 2.05) is 84.9 Å². The molecule has 0 amide bonds. The van der Waals surface area contributed by atoms with E-state index in [1.54, 1.807) is 0 Å². The van der Waals surface area contributed by atoms with Crippen LogP contribution in [0.15, 0.2) is 121 Å². The molecule has 2 N–H and O–H groups in total. The molecule has 0 saturated carbocycles. The molecule has 3 aromatic heterocycles. The lowest BCUT2D eigenvalue weighted by molar-refractivity contribution is 0.255. The molecular weight excluding hydrogens is 745 g/mol. The van der Waals surface area contributed by atoms with E-state index in [2.05, 4.69) is 74.1 Å². The summed E-state index contributed by atoms with van der Waals surface area (Å²) in [7, 11) is 0. The van der Waals surface area contributed by atoms with Crippen LogP contribution in [0.5, 0.6) is 11.5 Å². The second-order valence-corrected chi connectivity index (χ2v) is 15.5. The van der Waals surface area contributed by atoms with Crippen LogP contribution in [0.4, 0.5) is 0 Å². The first-order valence-electron chi connectivity index (χ1n) is 20.0. The standard InChI is InChI=1S/C50H38N8O2/c1-27-17-19-29(3)31(21-27)25-59-41-23-39-40(24-42(41)60-26-32-22-28(2)18-20-30(32)4)50-57-48-38-16-10-8-14-36(38)46(55-48)53-44-34-12-6-5-11-33(34)43(51-44)52-45-35-13-7-9-15-37(35)47(54-45)56-49(39)58-50/h5-24H,25-26H2,1-4H3,(H2,51,52,53,54,55,56,57,58). The molecule has 0 saturated heterocycles. The monoisotopic (exact) mass is 782 g/mol. The van der Waals surface area contributed by atoms with Crippen LogP contribution in [0.1, 0.15) is 33.4 Å². The molecule has 2 aliphatic heterocycles. The number of hydrogen-bond donors (Lipinski definition) is 2. The van der Waals surface area contributed by atoms with Crippen LogP contribution in [0, 0.1) is 27.7 Å². The first-order valence-corrected chi connectivity index (χ1v) is 20.0. The fourth-order valence-electron chi connectivity index (χ4n) is 8.10. The van der Waals surface area contributed by atoms with Gasteiger partial charge in [0.25, 0.3) is 0 Å². The van der Waals surface area contributed by atoms with Crippen molar-refractivity contribution >= 4 is 44.1 Å². The minimum absolute atomic E-state index is 0.357. The number of benzene rings is 6. The quantitative estimate of drug-likeness (QED) is 0.171. The zero-order valence-electron chi connectivity index (χ0n) is 33.5. The summed E-state index contributed by atoms with van der Waals surface area (Å²) in [6, 6.07) is 41.0. The van der Waals surface area contributed by atoms with Crippen LogP contribution in [0.2, 0.25) is 0 Å². The summed E-state index contributed by atoms with van der Waals surface area (Å²) in [4.78, 5) is 38.0. The lowest BCUT2D eigenvalue weighted by Crippen LogP contribution is -2.03. The van der Waals surface area contributed by atoms with Crippen molar-refractivity contribution in [1.82, 2.24) is 39.9 Å². The van der Waals surface area contributed by atoms with Gasteiger partial charge in [-0.05, 0) is 62.1 Å². The van der Waals surface area contributed by atoms with Gasteiger partial charge in [0.2, 0.25) is 0 Å². The summed E-state index contributed by atoms with van der Waals surface area (Å²) in [5.41, 5.74) is 12.7. The van der Waals surface area contributed by atoms with Crippen molar-refractivity contribution < 1.29 is 9.47 Å². The van der Waals surface area contributed by atoms with Crippen molar-refractivity contribution in [2.75, 3.05) is 0 Å². The summed E-state index contributed by atoms with van der Waals surface area (Å²) in [5, 5.41) is 3.61. The van der Waals surface area contributed by atoms with Gasteiger partial charge in [-0.15, -0.1) is 0 Å². The Kier molecular flexibility index (Phi) is 8.26. The van der Waals surface area contributed by atoms with Gasteiger partial charge in [-0.2, -0.15) is 0 Å².